The molecule has 1 saturated heterocycles. The number of hydrogen-bond donors (Lipinski definition) is 2. The molecule has 2 N–H and O–H groups in total. The molecule has 0 saturated carbocycles. The van der Waals surface area contributed by atoms with E-state index in [0.717, 1.165) is 15.4 Å². The Morgan fingerprint density at radius 3 is 2.84 bits per heavy atom. The van der Waals surface area contributed by atoms with E-state index in [0.29, 0.717) is 5.75 Å². The van der Waals surface area contributed by atoms with Gasteiger partial charge >= 0.3 is 5.97 Å². The summed E-state index contributed by atoms with van der Waals surface area (Å²) in [5.74, 6) is -0.213. The summed E-state index contributed by atoms with van der Waals surface area (Å²) in [4.78, 5) is 16.4. The van der Waals surface area contributed by atoms with Crippen LogP contribution in [0.5, 0.6) is 0 Å². The Kier molecular flexibility index (Phi) is 3.54. The van der Waals surface area contributed by atoms with Gasteiger partial charge in [-0.05, 0) is 5.56 Å². The molecule has 2 aromatic rings. The highest BCUT2D eigenvalue weighted by atomic mass is 32.2. The standard InChI is InChI=1S/C13H12N2O2S2/c16-13(17)9-7-18-12(15-9)11-14-6-10(19-11)8-4-2-1-3-5-8/h1-6,9,12,15H,7H2,(H,16,17). The number of thioether (sulfide) groups is 1. The van der Waals surface area contributed by atoms with E-state index in [1.807, 2.05) is 36.5 Å². The molecule has 98 valence electrons. The van der Waals surface area contributed by atoms with Gasteiger partial charge in [-0.3, -0.25) is 10.1 Å². The van der Waals surface area contributed by atoms with Gasteiger partial charge < -0.3 is 5.11 Å². The van der Waals surface area contributed by atoms with Crippen LogP contribution in [0.25, 0.3) is 10.4 Å². The first kappa shape index (κ1) is 12.7. The quantitative estimate of drug-likeness (QED) is 0.910. The van der Waals surface area contributed by atoms with Crippen molar-refractivity contribution in [2.75, 3.05) is 5.75 Å². The van der Waals surface area contributed by atoms with E-state index in [-0.39, 0.29) is 5.37 Å². The first-order valence-corrected chi connectivity index (χ1v) is 7.72. The largest absolute Gasteiger partial charge is 0.480 e. The van der Waals surface area contributed by atoms with Crippen LogP contribution >= 0.6 is 23.1 Å². The summed E-state index contributed by atoms with van der Waals surface area (Å²) in [6.45, 7) is 0. The lowest BCUT2D eigenvalue weighted by Crippen LogP contribution is -2.33. The molecule has 0 amide bonds. The first-order chi connectivity index (χ1) is 9.24. The normalized spacial score (nSPS) is 22.5. The van der Waals surface area contributed by atoms with Crippen molar-refractivity contribution >= 4 is 29.1 Å². The summed E-state index contributed by atoms with van der Waals surface area (Å²) in [7, 11) is 0. The van der Waals surface area contributed by atoms with E-state index in [4.69, 9.17) is 5.11 Å². The molecule has 2 heterocycles. The lowest BCUT2D eigenvalue weighted by atomic mass is 10.2. The molecule has 2 atom stereocenters. The maximum absolute atomic E-state index is 10.9. The first-order valence-electron chi connectivity index (χ1n) is 5.85. The molecule has 6 heteroatoms. The molecule has 0 aliphatic carbocycles. The van der Waals surface area contributed by atoms with Crippen molar-refractivity contribution in [3.05, 3.63) is 41.5 Å². The van der Waals surface area contributed by atoms with Crippen molar-refractivity contribution in [1.29, 1.82) is 0 Å². The zero-order chi connectivity index (χ0) is 13.2. The summed E-state index contributed by atoms with van der Waals surface area (Å²) >= 11 is 3.21. The van der Waals surface area contributed by atoms with Crippen molar-refractivity contribution in [3.8, 4) is 10.4 Å². The Bertz CT molecular complexity index is 585. The number of benzene rings is 1. The van der Waals surface area contributed by atoms with E-state index in [1.54, 1.807) is 23.1 Å². The zero-order valence-corrected chi connectivity index (χ0v) is 11.6. The molecule has 3 rings (SSSR count). The van der Waals surface area contributed by atoms with Crippen LogP contribution in [0.1, 0.15) is 10.4 Å². The molecule has 1 fully saturated rings. The Balaban J connectivity index is 1.78. The Hall–Kier alpha value is -1.37. The highest BCUT2D eigenvalue weighted by Gasteiger charge is 2.31. The van der Waals surface area contributed by atoms with Gasteiger partial charge in [0.2, 0.25) is 0 Å². The molecular weight excluding hydrogens is 280 g/mol. The van der Waals surface area contributed by atoms with Gasteiger partial charge in [-0.1, -0.05) is 30.3 Å². The van der Waals surface area contributed by atoms with Gasteiger partial charge in [0, 0.05) is 11.9 Å². The molecule has 0 spiro atoms. The number of carboxylic acid groups (broad SMARTS) is 1. The van der Waals surface area contributed by atoms with E-state index in [1.165, 1.54) is 0 Å². The third-order valence-electron chi connectivity index (χ3n) is 2.89. The molecule has 1 aromatic heterocycles. The van der Waals surface area contributed by atoms with Gasteiger partial charge in [-0.25, -0.2) is 4.98 Å². The molecule has 0 bridgehead atoms. The number of thiazole rings is 1. The molecule has 1 aromatic carbocycles. The topological polar surface area (TPSA) is 62.2 Å². The predicted molar refractivity (Wildman–Crippen MR) is 77.3 cm³/mol. The van der Waals surface area contributed by atoms with Crippen LogP contribution in [0.15, 0.2) is 36.5 Å². The van der Waals surface area contributed by atoms with Crippen LogP contribution in [-0.4, -0.2) is 27.9 Å². The fourth-order valence-corrected chi connectivity index (χ4v) is 4.20. The van der Waals surface area contributed by atoms with Crippen LogP contribution < -0.4 is 5.32 Å². The Labute approximate surface area is 118 Å². The smallest absolute Gasteiger partial charge is 0.321 e. The van der Waals surface area contributed by atoms with E-state index >= 15 is 0 Å². The zero-order valence-electron chi connectivity index (χ0n) is 9.95. The number of nitrogens with zero attached hydrogens (tertiary/aromatic N) is 1. The maximum atomic E-state index is 10.9. The van der Waals surface area contributed by atoms with Crippen LogP contribution in [0.3, 0.4) is 0 Å². The van der Waals surface area contributed by atoms with Crippen LogP contribution in [0, 0.1) is 0 Å². The average Bonchev–Trinajstić information content (AvgIpc) is 3.09. The van der Waals surface area contributed by atoms with Crippen molar-refractivity contribution in [3.63, 3.8) is 0 Å². The summed E-state index contributed by atoms with van der Waals surface area (Å²) < 4.78 is 0. The number of nitrogens with one attached hydrogen (secondary N) is 1. The number of rotatable bonds is 3. The molecule has 1 aliphatic rings. The fraction of sp³-hybridized carbons (Fsp3) is 0.231. The third-order valence-corrected chi connectivity index (χ3v) is 5.37. The van der Waals surface area contributed by atoms with Crippen molar-refractivity contribution < 1.29 is 9.90 Å². The second kappa shape index (κ2) is 5.32. The lowest BCUT2D eigenvalue weighted by Gasteiger charge is -2.06. The van der Waals surface area contributed by atoms with Crippen molar-refractivity contribution in [2.24, 2.45) is 0 Å². The third kappa shape index (κ3) is 2.65. The highest BCUT2D eigenvalue weighted by molar-refractivity contribution is 7.99. The van der Waals surface area contributed by atoms with Gasteiger partial charge in [0.05, 0.1) is 4.88 Å². The van der Waals surface area contributed by atoms with E-state index in [2.05, 4.69) is 10.3 Å². The number of carboxylic acids is 1. The minimum Gasteiger partial charge on any atom is -0.480 e. The van der Waals surface area contributed by atoms with E-state index < -0.39 is 12.0 Å². The predicted octanol–water partition coefficient (Wildman–Crippen LogP) is 2.60. The lowest BCUT2D eigenvalue weighted by molar-refractivity contribution is -0.138. The summed E-state index contributed by atoms with van der Waals surface area (Å²) in [5.41, 5.74) is 1.14. The molecule has 2 unspecified atom stereocenters. The van der Waals surface area contributed by atoms with Crippen LogP contribution in [-0.2, 0) is 4.79 Å². The number of carbonyl (C=O) groups is 1. The van der Waals surface area contributed by atoms with E-state index in [9.17, 15) is 4.79 Å². The minimum atomic E-state index is -0.796. The second-order valence-corrected chi connectivity index (χ2v) is 6.40. The fourth-order valence-electron chi connectivity index (χ4n) is 1.90. The van der Waals surface area contributed by atoms with Crippen molar-refractivity contribution in [2.45, 2.75) is 11.4 Å². The maximum Gasteiger partial charge on any atom is 0.321 e. The minimum absolute atomic E-state index is 0.0106. The molecule has 19 heavy (non-hydrogen) atoms. The average molecular weight is 292 g/mol. The second-order valence-electron chi connectivity index (χ2n) is 4.20. The van der Waals surface area contributed by atoms with Gasteiger partial charge in [-0.2, -0.15) is 0 Å². The number of aliphatic carboxylic acids is 1. The Morgan fingerprint density at radius 1 is 1.37 bits per heavy atom. The molecule has 4 nitrogen and oxygen atoms in total. The molecular formula is C13H12N2O2S2. The van der Waals surface area contributed by atoms with Crippen molar-refractivity contribution in [1.82, 2.24) is 10.3 Å². The van der Waals surface area contributed by atoms with Crippen LogP contribution in [0.4, 0.5) is 0 Å². The molecule has 0 radical (unpaired) electrons. The monoisotopic (exact) mass is 292 g/mol. The SMILES string of the molecule is O=C(O)C1CSC(c2ncc(-c3ccccc3)s2)N1. The molecule has 1 aliphatic heterocycles. The Morgan fingerprint density at radius 2 is 2.16 bits per heavy atom. The highest BCUT2D eigenvalue weighted by Crippen LogP contribution is 2.37. The van der Waals surface area contributed by atoms with Gasteiger partial charge in [0.15, 0.2) is 0 Å². The summed E-state index contributed by atoms with van der Waals surface area (Å²) in [6.07, 6.45) is 1.85. The van der Waals surface area contributed by atoms with Gasteiger partial charge in [-0.15, -0.1) is 23.1 Å². The van der Waals surface area contributed by atoms with Gasteiger partial charge in [0.1, 0.15) is 16.4 Å². The van der Waals surface area contributed by atoms with Crippen LogP contribution in [0.2, 0.25) is 0 Å². The summed E-state index contributed by atoms with van der Waals surface area (Å²) in [5, 5.41) is 13.0. The van der Waals surface area contributed by atoms with Gasteiger partial charge in [0.25, 0.3) is 0 Å². The number of aromatic nitrogens is 1. The summed E-state index contributed by atoms with van der Waals surface area (Å²) in [6, 6.07) is 9.60. The number of hydrogen-bond acceptors (Lipinski definition) is 5.